The van der Waals surface area contributed by atoms with E-state index in [2.05, 4.69) is 5.32 Å². The van der Waals surface area contributed by atoms with Gasteiger partial charge >= 0.3 is 5.97 Å². The van der Waals surface area contributed by atoms with Gasteiger partial charge in [0, 0.05) is 11.6 Å². The van der Waals surface area contributed by atoms with Gasteiger partial charge in [-0.1, -0.05) is 23.8 Å². The quantitative estimate of drug-likeness (QED) is 0.819. The van der Waals surface area contributed by atoms with Crippen LogP contribution in [0.3, 0.4) is 0 Å². The number of carbonyl (C=O) groups is 1. The highest BCUT2D eigenvalue weighted by Crippen LogP contribution is 2.25. The summed E-state index contributed by atoms with van der Waals surface area (Å²) in [6, 6.07) is 5.53. The molecule has 0 radical (unpaired) electrons. The minimum atomic E-state index is -0.760. The third kappa shape index (κ3) is 5.48. The maximum atomic E-state index is 11.6. The topological polar surface area (TPSA) is 58.6 Å². The molecule has 0 bridgehead atoms. The van der Waals surface area contributed by atoms with Gasteiger partial charge in [-0.2, -0.15) is 0 Å². The van der Waals surface area contributed by atoms with Gasteiger partial charge in [-0.15, -0.1) is 0 Å². The van der Waals surface area contributed by atoms with Crippen molar-refractivity contribution in [2.75, 3.05) is 7.11 Å². The van der Waals surface area contributed by atoms with Gasteiger partial charge in [0.1, 0.15) is 0 Å². The van der Waals surface area contributed by atoms with Gasteiger partial charge in [-0.05, 0) is 45.7 Å². The van der Waals surface area contributed by atoms with E-state index in [1.165, 1.54) is 7.11 Å². The molecular formula is C17H27NO3. The summed E-state index contributed by atoms with van der Waals surface area (Å²) < 4.78 is 4.74. The zero-order valence-electron chi connectivity index (χ0n) is 13.9. The summed E-state index contributed by atoms with van der Waals surface area (Å²) in [6.07, 6.45) is -0.633. The first-order chi connectivity index (χ1) is 9.64. The first kappa shape index (κ1) is 17.7. The number of methoxy groups -OCH3 is 1. The summed E-state index contributed by atoms with van der Waals surface area (Å²) in [5.74, 6) is -0.333. The van der Waals surface area contributed by atoms with E-state index in [9.17, 15) is 9.90 Å². The molecule has 0 aliphatic carbocycles. The maximum Gasteiger partial charge on any atom is 0.307 e. The Bertz CT molecular complexity index is 491. The molecule has 2 unspecified atom stereocenters. The van der Waals surface area contributed by atoms with E-state index in [0.29, 0.717) is 0 Å². The molecule has 2 atom stereocenters. The summed E-state index contributed by atoms with van der Waals surface area (Å²) in [4.78, 5) is 11.6. The fourth-order valence-corrected chi connectivity index (χ4v) is 2.43. The minimum Gasteiger partial charge on any atom is -0.469 e. The number of nitrogens with one attached hydrogen (secondary N) is 1. The zero-order chi connectivity index (χ0) is 16.2. The lowest BCUT2D eigenvalue weighted by molar-refractivity contribution is -0.142. The molecule has 4 heteroatoms. The Morgan fingerprint density at radius 1 is 1.33 bits per heavy atom. The van der Waals surface area contributed by atoms with Gasteiger partial charge < -0.3 is 15.2 Å². The van der Waals surface area contributed by atoms with Crippen LogP contribution in [0, 0.1) is 13.8 Å². The Balaban J connectivity index is 3.02. The summed E-state index contributed by atoms with van der Waals surface area (Å²) in [5.41, 5.74) is 2.80. The summed E-state index contributed by atoms with van der Waals surface area (Å²) >= 11 is 0. The highest BCUT2D eigenvalue weighted by molar-refractivity contribution is 5.70. The van der Waals surface area contributed by atoms with Gasteiger partial charge in [0.2, 0.25) is 0 Å². The van der Waals surface area contributed by atoms with Crippen LogP contribution in [0.5, 0.6) is 0 Å². The smallest absolute Gasteiger partial charge is 0.307 e. The second kappa shape index (κ2) is 7.05. The number of benzene rings is 1. The Kier molecular flexibility index (Phi) is 5.93. The summed E-state index contributed by atoms with van der Waals surface area (Å²) in [6.45, 7) is 10.0. The first-order valence-electron chi connectivity index (χ1n) is 7.24. The molecule has 0 heterocycles. The van der Waals surface area contributed by atoms with Crippen molar-refractivity contribution in [1.82, 2.24) is 5.32 Å². The Hall–Kier alpha value is -1.39. The van der Waals surface area contributed by atoms with E-state index in [0.717, 1.165) is 16.7 Å². The van der Waals surface area contributed by atoms with E-state index >= 15 is 0 Å². The highest BCUT2D eigenvalue weighted by Gasteiger charge is 2.28. The molecule has 1 aromatic rings. The number of esters is 1. The van der Waals surface area contributed by atoms with E-state index in [1.54, 1.807) is 0 Å². The van der Waals surface area contributed by atoms with Crippen LogP contribution in [0.1, 0.15) is 50.0 Å². The monoisotopic (exact) mass is 293 g/mol. The Morgan fingerprint density at radius 2 is 1.95 bits per heavy atom. The van der Waals surface area contributed by atoms with Crippen LogP contribution in [-0.2, 0) is 9.53 Å². The van der Waals surface area contributed by atoms with Gasteiger partial charge in [0.25, 0.3) is 0 Å². The number of aliphatic hydroxyl groups excluding tert-OH is 1. The molecule has 0 spiro atoms. The molecule has 118 valence electrons. The molecule has 0 saturated carbocycles. The van der Waals surface area contributed by atoms with E-state index in [-0.39, 0.29) is 24.0 Å². The Morgan fingerprint density at radius 3 is 2.43 bits per heavy atom. The Labute approximate surface area is 127 Å². The third-order valence-corrected chi connectivity index (χ3v) is 3.36. The molecule has 1 rings (SSSR count). The van der Waals surface area contributed by atoms with E-state index in [1.807, 2.05) is 52.8 Å². The molecule has 2 N–H and O–H groups in total. The molecule has 0 fully saturated rings. The molecule has 0 aromatic heterocycles. The van der Waals surface area contributed by atoms with E-state index in [4.69, 9.17) is 4.74 Å². The standard InChI is InChI=1S/C17H27NO3/c1-11-7-8-13(12(2)9-11)16(20)14(10-15(19)21-6)18-17(3,4)5/h7-9,14,16,18,20H,10H2,1-6H3. The fourth-order valence-electron chi connectivity index (χ4n) is 2.43. The first-order valence-corrected chi connectivity index (χ1v) is 7.24. The summed E-state index contributed by atoms with van der Waals surface area (Å²) in [5, 5.41) is 14.0. The number of aryl methyl sites for hydroxylation is 2. The van der Waals surface area contributed by atoms with Crippen LogP contribution < -0.4 is 5.32 Å². The van der Waals surface area contributed by atoms with Crippen molar-refractivity contribution in [1.29, 1.82) is 0 Å². The van der Waals surface area contributed by atoms with Crippen molar-refractivity contribution in [3.05, 3.63) is 34.9 Å². The molecule has 4 nitrogen and oxygen atoms in total. The van der Waals surface area contributed by atoms with Crippen molar-refractivity contribution >= 4 is 5.97 Å². The van der Waals surface area contributed by atoms with Gasteiger partial charge in [-0.3, -0.25) is 4.79 Å². The van der Waals surface area contributed by atoms with Gasteiger partial charge in [-0.25, -0.2) is 0 Å². The SMILES string of the molecule is COC(=O)CC(NC(C)(C)C)C(O)c1ccc(C)cc1C. The number of ether oxygens (including phenoxy) is 1. The maximum absolute atomic E-state index is 11.6. The number of aliphatic hydroxyl groups is 1. The number of hydrogen-bond acceptors (Lipinski definition) is 4. The predicted molar refractivity (Wildman–Crippen MR) is 84.2 cm³/mol. The molecule has 1 aromatic carbocycles. The van der Waals surface area contributed by atoms with E-state index < -0.39 is 6.10 Å². The second-order valence-electron chi connectivity index (χ2n) is 6.59. The van der Waals surface area contributed by atoms with Crippen LogP contribution in [-0.4, -0.2) is 29.8 Å². The number of rotatable bonds is 5. The largest absolute Gasteiger partial charge is 0.469 e. The second-order valence-corrected chi connectivity index (χ2v) is 6.59. The lowest BCUT2D eigenvalue weighted by Gasteiger charge is -2.32. The van der Waals surface area contributed by atoms with Crippen LogP contribution in [0.15, 0.2) is 18.2 Å². The molecule has 0 aliphatic rings. The third-order valence-electron chi connectivity index (χ3n) is 3.36. The van der Waals surface area contributed by atoms with Crippen molar-refractivity contribution in [2.45, 2.75) is 58.7 Å². The van der Waals surface area contributed by atoms with Crippen LogP contribution in [0.25, 0.3) is 0 Å². The van der Waals surface area contributed by atoms with Crippen LogP contribution in [0.4, 0.5) is 0 Å². The zero-order valence-corrected chi connectivity index (χ0v) is 13.9. The van der Waals surface area contributed by atoms with Crippen LogP contribution >= 0.6 is 0 Å². The summed E-state index contributed by atoms with van der Waals surface area (Å²) in [7, 11) is 1.36. The fraction of sp³-hybridized carbons (Fsp3) is 0.588. The average molecular weight is 293 g/mol. The molecule has 0 amide bonds. The van der Waals surface area contributed by atoms with Crippen molar-refractivity contribution in [2.24, 2.45) is 0 Å². The number of hydrogen-bond donors (Lipinski definition) is 2. The van der Waals surface area contributed by atoms with Crippen molar-refractivity contribution < 1.29 is 14.6 Å². The average Bonchev–Trinajstić information content (AvgIpc) is 2.35. The predicted octanol–water partition coefficient (Wildman–Crippen LogP) is 2.66. The van der Waals surface area contributed by atoms with Crippen LogP contribution in [0.2, 0.25) is 0 Å². The minimum absolute atomic E-state index is 0.127. The lowest BCUT2D eigenvalue weighted by Crippen LogP contribution is -2.47. The normalized spacial score (nSPS) is 14.6. The number of carbonyl (C=O) groups excluding carboxylic acids is 1. The van der Waals surface area contributed by atoms with Crippen molar-refractivity contribution in [3.63, 3.8) is 0 Å². The molecule has 0 aliphatic heterocycles. The molecular weight excluding hydrogens is 266 g/mol. The molecule has 21 heavy (non-hydrogen) atoms. The highest BCUT2D eigenvalue weighted by atomic mass is 16.5. The lowest BCUT2D eigenvalue weighted by atomic mass is 9.93. The molecule has 0 saturated heterocycles. The van der Waals surface area contributed by atoms with Crippen molar-refractivity contribution in [3.8, 4) is 0 Å². The van der Waals surface area contributed by atoms with Gasteiger partial charge in [0.15, 0.2) is 0 Å². The van der Waals surface area contributed by atoms with Gasteiger partial charge in [0.05, 0.1) is 19.6 Å².